The quantitative estimate of drug-likeness (QED) is 0.566. The second kappa shape index (κ2) is 12.8. The van der Waals surface area contributed by atoms with Crippen molar-refractivity contribution in [2.75, 3.05) is 24.6 Å². The highest BCUT2D eigenvalue weighted by Gasteiger charge is 2.26. The fourth-order valence-corrected chi connectivity index (χ4v) is 3.36. The Morgan fingerprint density at radius 3 is 2.66 bits per heavy atom. The summed E-state index contributed by atoms with van der Waals surface area (Å²) in [6.45, 7) is 7.09. The number of carbonyl (C=O) groups is 1. The van der Waals surface area contributed by atoms with Crippen molar-refractivity contribution in [3.8, 4) is 5.75 Å². The number of nitrogens with zero attached hydrogens (tertiary/aromatic N) is 1. The van der Waals surface area contributed by atoms with Crippen LogP contribution in [0.3, 0.4) is 0 Å². The molecule has 9 heteroatoms. The van der Waals surface area contributed by atoms with E-state index in [-0.39, 0.29) is 24.6 Å². The maximum absolute atomic E-state index is 14.2. The van der Waals surface area contributed by atoms with Gasteiger partial charge in [0.2, 0.25) is 0 Å². The van der Waals surface area contributed by atoms with E-state index >= 15 is 0 Å². The molecule has 0 aromatic heterocycles. The Balaban J connectivity index is 0.00000114. The van der Waals surface area contributed by atoms with Crippen LogP contribution in [0.5, 0.6) is 5.75 Å². The van der Waals surface area contributed by atoms with Gasteiger partial charge in [0.1, 0.15) is 17.7 Å². The van der Waals surface area contributed by atoms with Gasteiger partial charge in [0, 0.05) is 19.4 Å². The summed E-state index contributed by atoms with van der Waals surface area (Å²) in [7, 11) is 0. The first kappa shape index (κ1) is 25.3. The van der Waals surface area contributed by atoms with E-state index in [1.165, 1.54) is 0 Å². The molecular weight excluding hydrogens is 437 g/mol. The Kier molecular flexibility index (Phi) is 10.1. The van der Waals surface area contributed by atoms with Gasteiger partial charge < -0.3 is 19.1 Å². The zero-order chi connectivity index (χ0) is 23.5. The smallest absolute Gasteiger partial charge is 0.489 e. The Hall–Kier alpha value is -2.94. The van der Waals surface area contributed by atoms with Gasteiger partial charge in [-0.1, -0.05) is 18.2 Å². The molecule has 0 N–H and O–H groups in total. The van der Waals surface area contributed by atoms with Crippen molar-refractivity contribution >= 4 is 23.4 Å². The molecule has 0 saturated carbocycles. The van der Waals surface area contributed by atoms with Gasteiger partial charge in [-0.05, 0) is 56.2 Å². The summed E-state index contributed by atoms with van der Waals surface area (Å²) in [4.78, 5) is 13.5. The van der Waals surface area contributed by atoms with Gasteiger partial charge >= 0.3 is 17.7 Å². The molecule has 174 valence electrons. The lowest BCUT2D eigenvalue weighted by Gasteiger charge is -2.20. The number of carbonyl (C=O) groups excluding carboxylic acids is 1. The third-order valence-corrected chi connectivity index (χ3v) is 4.73. The van der Waals surface area contributed by atoms with Gasteiger partial charge in [0.25, 0.3) is 0 Å². The molecule has 2 aromatic carbocycles. The molecule has 7 nitrogen and oxygen atoms in total. The number of hydrogen-bond donors (Lipinski definition) is 0. The van der Waals surface area contributed by atoms with Gasteiger partial charge in [0.05, 0.1) is 24.9 Å². The number of benzene rings is 2. The molecule has 1 heterocycles. The molecule has 0 spiro atoms. The van der Waals surface area contributed by atoms with E-state index in [2.05, 4.69) is 0 Å². The minimum atomic E-state index is -0.750. The normalized spacial score (nSPS) is 15.0. The Bertz CT molecular complexity index is 932. The first-order valence-corrected chi connectivity index (χ1v) is 11.0. The van der Waals surface area contributed by atoms with Crippen LogP contribution in [-0.2, 0) is 27.5 Å². The first-order valence-electron chi connectivity index (χ1n) is 10.3. The summed E-state index contributed by atoms with van der Waals surface area (Å²) in [6, 6.07) is 13.1. The van der Waals surface area contributed by atoms with Crippen LogP contribution in [0.15, 0.2) is 42.5 Å². The minimum absolute atomic E-state index is 0.00298. The SMILES string of the molecule is Cc1ccc(N2CC[C@@H](Oc3cccc(CCOC(=O)OC(C)C)c3)C2)c(F)c1.O=S=O. The molecule has 3 rings (SSSR count). The molecule has 1 fully saturated rings. The lowest BCUT2D eigenvalue weighted by molar-refractivity contribution is 0.0353. The Labute approximate surface area is 191 Å². The number of rotatable bonds is 7. The van der Waals surface area contributed by atoms with Crippen LogP contribution < -0.4 is 9.64 Å². The highest BCUT2D eigenvalue weighted by atomic mass is 32.1. The highest BCUT2D eigenvalue weighted by Crippen LogP contribution is 2.27. The van der Waals surface area contributed by atoms with E-state index < -0.39 is 17.7 Å². The van der Waals surface area contributed by atoms with E-state index in [0.29, 0.717) is 18.7 Å². The van der Waals surface area contributed by atoms with E-state index in [1.807, 2.05) is 48.2 Å². The van der Waals surface area contributed by atoms with Crippen molar-refractivity contribution in [1.82, 2.24) is 0 Å². The molecule has 1 saturated heterocycles. The van der Waals surface area contributed by atoms with Crippen LogP contribution in [0, 0.1) is 12.7 Å². The molecule has 1 atom stereocenters. The molecule has 1 aliphatic rings. The van der Waals surface area contributed by atoms with Gasteiger partial charge in [-0.25, -0.2) is 9.18 Å². The summed E-state index contributed by atoms with van der Waals surface area (Å²) in [5, 5.41) is 0. The van der Waals surface area contributed by atoms with E-state index in [9.17, 15) is 9.18 Å². The first-order chi connectivity index (χ1) is 15.3. The minimum Gasteiger partial charge on any atom is -0.489 e. The summed E-state index contributed by atoms with van der Waals surface area (Å²) >= 11 is -0.750. The molecule has 0 bridgehead atoms. The number of hydrogen-bond acceptors (Lipinski definition) is 7. The maximum Gasteiger partial charge on any atom is 0.508 e. The summed E-state index contributed by atoms with van der Waals surface area (Å²) in [5.74, 6) is 0.576. The molecule has 0 amide bonds. The zero-order valence-electron chi connectivity index (χ0n) is 18.4. The standard InChI is InChI=1S/C23H28FNO4.O2S/c1-16(2)28-23(26)27-12-10-18-5-4-6-19(14-18)29-20-9-11-25(15-20)22-8-7-17(3)13-21(22)24;1-3-2/h4-8,13-14,16,20H,9-12,15H2,1-3H3;/t20-;/m1./s1. The fraction of sp³-hybridized carbons (Fsp3) is 0.435. The monoisotopic (exact) mass is 465 g/mol. The van der Waals surface area contributed by atoms with Crippen LogP contribution in [0.25, 0.3) is 0 Å². The molecular formula is C23H28FNO6S. The van der Waals surface area contributed by atoms with Gasteiger partial charge in [-0.2, -0.15) is 8.42 Å². The molecule has 0 unspecified atom stereocenters. The Morgan fingerprint density at radius 2 is 1.97 bits per heavy atom. The highest BCUT2D eigenvalue weighted by molar-refractivity contribution is 7.51. The molecule has 2 aromatic rings. The van der Waals surface area contributed by atoms with Crippen molar-refractivity contribution in [3.63, 3.8) is 0 Å². The van der Waals surface area contributed by atoms with Crippen molar-refractivity contribution in [2.24, 2.45) is 0 Å². The zero-order valence-corrected chi connectivity index (χ0v) is 19.2. The number of ether oxygens (including phenoxy) is 3. The van der Waals surface area contributed by atoms with Crippen LogP contribution in [-0.4, -0.2) is 46.5 Å². The number of anilines is 1. The number of halogens is 1. The summed E-state index contributed by atoms with van der Waals surface area (Å²) in [6.07, 6.45) is 0.570. The third-order valence-electron chi connectivity index (χ3n) is 4.73. The molecule has 0 radical (unpaired) electrons. The average Bonchev–Trinajstić information content (AvgIpc) is 3.16. The van der Waals surface area contributed by atoms with Crippen molar-refractivity contribution in [3.05, 3.63) is 59.4 Å². The van der Waals surface area contributed by atoms with Crippen molar-refractivity contribution in [1.29, 1.82) is 0 Å². The van der Waals surface area contributed by atoms with Crippen molar-refractivity contribution < 1.29 is 31.8 Å². The molecule has 0 aliphatic carbocycles. The fourth-order valence-electron chi connectivity index (χ4n) is 3.36. The van der Waals surface area contributed by atoms with Gasteiger partial charge in [-0.3, -0.25) is 0 Å². The van der Waals surface area contributed by atoms with Gasteiger partial charge in [-0.15, -0.1) is 0 Å². The average molecular weight is 466 g/mol. The van der Waals surface area contributed by atoms with E-state index in [1.54, 1.807) is 19.9 Å². The van der Waals surface area contributed by atoms with Crippen molar-refractivity contribution in [2.45, 2.75) is 45.8 Å². The summed E-state index contributed by atoms with van der Waals surface area (Å²) < 4.78 is 46.9. The Morgan fingerprint density at radius 1 is 1.22 bits per heavy atom. The van der Waals surface area contributed by atoms with Gasteiger partial charge in [0.15, 0.2) is 0 Å². The lowest BCUT2D eigenvalue weighted by Crippen LogP contribution is -2.25. The third kappa shape index (κ3) is 8.30. The predicted octanol–water partition coefficient (Wildman–Crippen LogP) is 4.23. The largest absolute Gasteiger partial charge is 0.508 e. The van der Waals surface area contributed by atoms with Crippen LogP contribution in [0.2, 0.25) is 0 Å². The predicted molar refractivity (Wildman–Crippen MR) is 119 cm³/mol. The van der Waals surface area contributed by atoms with E-state index in [4.69, 9.17) is 22.6 Å². The second-order valence-corrected chi connectivity index (χ2v) is 7.80. The lowest BCUT2D eigenvalue weighted by atomic mass is 10.1. The maximum atomic E-state index is 14.2. The van der Waals surface area contributed by atoms with Crippen LogP contribution in [0.1, 0.15) is 31.4 Å². The second-order valence-electron chi connectivity index (χ2n) is 7.66. The number of aryl methyl sites for hydroxylation is 1. The van der Waals surface area contributed by atoms with Crippen LogP contribution in [0.4, 0.5) is 14.9 Å². The molecule has 1 aliphatic heterocycles. The summed E-state index contributed by atoms with van der Waals surface area (Å²) in [5.41, 5.74) is 2.55. The molecule has 32 heavy (non-hydrogen) atoms. The van der Waals surface area contributed by atoms with Crippen LogP contribution >= 0.6 is 0 Å². The van der Waals surface area contributed by atoms with E-state index in [0.717, 1.165) is 29.8 Å². The topological polar surface area (TPSA) is 82.1 Å².